The van der Waals surface area contributed by atoms with E-state index in [9.17, 15) is 19.8 Å². The molecule has 0 aliphatic heterocycles. The van der Waals surface area contributed by atoms with Crippen LogP contribution in [0.1, 0.15) is 46.5 Å². The summed E-state index contributed by atoms with van der Waals surface area (Å²) in [6, 6.07) is 16.8. The minimum atomic E-state index is -1.79. The minimum Gasteiger partial charge on any atom is -0.382 e. The quantitative estimate of drug-likeness (QED) is 0.595. The number of Topliss-reactive ketones (excluding diaryl/α,β-unsaturated/α-hetero) is 1. The van der Waals surface area contributed by atoms with Crippen molar-refractivity contribution in [3.05, 3.63) is 54.6 Å². The van der Waals surface area contributed by atoms with Gasteiger partial charge in [-0.2, -0.15) is 0 Å². The Labute approximate surface area is 167 Å². The number of rotatable bonds is 8. The van der Waals surface area contributed by atoms with Gasteiger partial charge in [-0.1, -0.05) is 82.0 Å². The van der Waals surface area contributed by atoms with E-state index in [1.807, 2.05) is 42.5 Å². The van der Waals surface area contributed by atoms with Crippen molar-refractivity contribution in [2.24, 2.45) is 0 Å². The van der Waals surface area contributed by atoms with Gasteiger partial charge in [0.25, 0.3) is 5.91 Å². The first kappa shape index (κ1) is 23.5. The number of carbonyl (C=O) groups excluding carboxylic acids is 2. The molecular formula is C23H31NO4. The van der Waals surface area contributed by atoms with E-state index in [-0.39, 0.29) is 0 Å². The van der Waals surface area contributed by atoms with E-state index in [2.05, 4.69) is 19.2 Å². The SMILES string of the molecule is CC(=O)C(O)C(O)C(=O)Nc1ccc(-c2ccccc2)cc1.CCCCCC. The molecule has 0 saturated carbocycles. The van der Waals surface area contributed by atoms with E-state index in [1.165, 1.54) is 25.7 Å². The summed E-state index contributed by atoms with van der Waals surface area (Å²) in [6.45, 7) is 5.57. The van der Waals surface area contributed by atoms with Crippen LogP contribution in [-0.4, -0.2) is 34.1 Å². The van der Waals surface area contributed by atoms with Crippen LogP contribution >= 0.6 is 0 Å². The van der Waals surface area contributed by atoms with Gasteiger partial charge in [0.15, 0.2) is 11.9 Å². The number of unbranched alkanes of at least 4 members (excludes halogenated alkanes) is 3. The number of hydrogen-bond donors (Lipinski definition) is 3. The first-order chi connectivity index (χ1) is 13.4. The van der Waals surface area contributed by atoms with Gasteiger partial charge in [-0.3, -0.25) is 9.59 Å². The number of benzene rings is 2. The van der Waals surface area contributed by atoms with Gasteiger partial charge in [0.1, 0.15) is 6.10 Å². The third kappa shape index (κ3) is 8.03. The fraction of sp³-hybridized carbons (Fsp3) is 0.391. The topological polar surface area (TPSA) is 86.6 Å². The second-order valence-electron chi connectivity index (χ2n) is 6.64. The highest BCUT2D eigenvalue weighted by Gasteiger charge is 2.27. The Bertz CT molecular complexity index is 709. The number of anilines is 1. The average Bonchev–Trinajstić information content (AvgIpc) is 2.72. The number of hydrogen-bond acceptors (Lipinski definition) is 4. The zero-order chi connectivity index (χ0) is 20.9. The first-order valence-electron chi connectivity index (χ1n) is 9.73. The Kier molecular flexibility index (Phi) is 10.8. The average molecular weight is 386 g/mol. The first-order valence-corrected chi connectivity index (χ1v) is 9.73. The van der Waals surface area contributed by atoms with E-state index < -0.39 is 23.9 Å². The van der Waals surface area contributed by atoms with E-state index in [4.69, 9.17) is 0 Å². The fourth-order valence-corrected chi connectivity index (χ4v) is 2.46. The summed E-state index contributed by atoms with van der Waals surface area (Å²) < 4.78 is 0. The molecule has 0 saturated heterocycles. The lowest BCUT2D eigenvalue weighted by Gasteiger charge is -2.15. The highest BCUT2D eigenvalue weighted by Crippen LogP contribution is 2.21. The predicted molar refractivity (Wildman–Crippen MR) is 113 cm³/mol. The molecule has 2 aromatic rings. The van der Waals surface area contributed by atoms with Crippen LogP contribution in [0.3, 0.4) is 0 Å². The number of aliphatic hydroxyl groups excluding tert-OH is 2. The third-order valence-electron chi connectivity index (χ3n) is 4.20. The smallest absolute Gasteiger partial charge is 0.256 e. The zero-order valence-corrected chi connectivity index (χ0v) is 16.9. The Morgan fingerprint density at radius 2 is 1.32 bits per heavy atom. The van der Waals surface area contributed by atoms with Gasteiger partial charge in [0.05, 0.1) is 0 Å². The van der Waals surface area contributed by atoms with Crippen molar-refractivity contribution in [1.82, 2.24) is 0 Å². The molecule has 2 atom stereocenters. The minimum absolute atomic E-state index is 0.472. The van der Waals surface area contributed by atoms with Crippen molar-refractivity contribution < 1.29 is 19.8 Å². The summed E-state index contributed by atoms with van der Waals surface area (Å²) >= 11 is 0. The van der Waals surface area contributed by atoms with Crippen LogP contribution < -0.4 is 5.32 Å². The lowest BCUT2D eigenvalue weighted by Crippen LogP contribution is -2.41. The van der Waals surface area contributed by atoms with Crippen LogP contribution in [0.25, 0.3) is 11.1 Å². The third-order valence-corrected chi connectivity index (χ3v) is 4.20. The van der Waals surface area contributed by atoms with Gasteiger partial charge >= 0.3 is 0 Å². The summed E-state index contributed by atoms with van der Waals surface area (Å²) in [4.78, 5) is 22.7. The monoisotopic (exact) mass is 385 g/mol. The molecule has 5 nitrogen and oxygen atoms in total. The van der Waals surface area contributed by atoms with Crippen LogP contribution in [0.4, 0.5) is 5.69 Å². The lowest BCUT2D eigenvalue weighted by molar-refractivity contribution is -0.140. The van der Waals surface area contributed by atoms with Gasteiger partial charge < -0.3 is 15.5 Å². The summed E-state index contributed by atoms with van der Waals surface area (Å²) in [7, 11) is 0. The molecule has 0 spiro atoms. The van der Waals surface area contributed by atoms with Crippen LogP contribution in [0.5, 0.6) is 0 Å². The number of nitrogens with one attached hydrogen (secondary N) is 1. The van der Waals surface area contributed by atoms with E-state index in [0.717, 1.165) is 18.1 Å². The maximum atomic E-state index is 11.7. The summed E-state index contributed by atoms with van der Waals surface area (Å²) in [5, 5.41) is 21.4. The van der Waals surface area contributed by atoms with Crippen LogP contribution in [0.2, 0.25) is 0 Å². The molecule has 152 valence electrons. The van der Waals surface area contributed by atoms with Gasteiger partial charge in [0.2, 0.25) is 0 Å². The molecule has 2 unspecified atom stereocenters. The molecular weight excluding hydrogens is 354 g/mol. The maximum Gasteiger partial charge on any atom is 0.256 e. The molecule has 0 aromatic heterocycles. The Hall–Kier alpha value is -2.50. The number of amides is 1. The van der Waals surface area contributed by atoms with Crippen molar-refractivity contribution in [1.29, 1.82) is 0 Å². The molecule has 0 fully saturated rings. The van der Waals surface area contributed by atoms with Crippen molar-refractivity contribution in [2.45, 2.75) is 58.7 Å². The molecule has 3 N–H and O–H groups in total. The second-order valence-corrected chi connectivity index (χ2v) is 6.64. The summed E-state index contributed by atoms with van der Waals surface area (Å²) in [5.41, 5.74) is 2.51. The molecule has 0 bridgehead atoms. The molecule has 28 heavy (non-hydrogen) atoms. The normalized spacial score (nSPS) is 12.3. The fourth-order valence-electron chi connectivity index (χ4n) is 2.46. The standard InChI is InChI=1S/C17H17NO4.C6H14/c1-11(19)15(20)16(21)17(22)18-14-9-7-13(8-10-14)12-5-3-2-4-6-12;1-3-5-6-4-2/h2-10,15-16,20-21H,1H3,(H,18,22);3-6H2,1-2H3. The molecule has 0 aliphatic carbocycles. The molecule has 2 rings (SSSR count). The van der Waals surface area contributed by atoms with Crippen LogP contribution in [0.15, 0.2) is 54.6 Å². The highest BCUT2D eigenvalue weighted by molar-refractivity contribution is 5.98. The Morgan fingerprint density at radius 1 is 0.821 bits per heavy atom. The lowest BCUT2D eigenvalue weighted by atomic mass is 10.1. The largest absolute Gasteiger partial charge is 0.382 e. The number of aliphatic hydroxyl groups is 2. The van der Waals surface area contributed by atoms with Crippen molar-refractivity contribution in [3.8, 4) is 11.1 Å². The van der Waals surface area contributed by atoms with E-state index in [1.54, 1.807) is 12.1 Å². The van der Waals surface area contributed by atoms with Gasteiger partial charge in [0, 0.05) is 5.69 Å². The Morgan fingerprint density at radius 3 is 1.79 bits per heavy atom. The van der Waals surface area contributed by atoms with Crippen LogP contribution in [-0.2, 0) is 9.59 Å². The molecule has 0 radical (unpaired) electrons. The van der Waals surface area contributed by atoms with Crippen molar-refractivity contribution >= 4 is 17.4 Å². The predicted octanol–water partition coefficient (Wildman–Crippen LogP) is 4.19. The maximum absolute atomic E-state index is 11.7. The van der Waals surface area contributed by atoms with Crippen LogP contribution in [0, 0.1) is 0 Å². The Balaban J connectivity index is 0.000000568. The number of ketones is 1. The van der Waals surface area contributed by atoms with E-state index >= 15 is 0 Å². The molecule has 1 amide bonds. The molecule has 5 heteroatoms. The molecule has 2 aromatic carbocycles. The summed E-state index contributed by atoms with van der Waals surface area (Å²) in [5.74, 6) is -1.49. The van der Waals surface area contributed by atoms with Gasteiger partial charge in [-0.05, 0) is 30.2 Å². The van der Waals surface area contributed by atoms with E-state index in [0.29, 0.717) is 5.69 Å². The second kappa shape index (κ2) is 12.8. The number of carbonyl (C=O) groups is 2. The highest BCUT2D eigenvalue weighted by atomic mass is 16.3. The molecule has 0 heterocycles. The summed E-state index contributed by atoms with van der Waals surface area (Å²) in [6.07, 6.45) is 2.03. The molecule has 0 aliphatic rings. The van der Waals surface area contributed by atoms with Gasteiger partial charge in [-0.15, -0.1) is 0 Å². The zero-order valence-electron chi connectivity index (χ0n) is 16.9. The van der Waals surface area contributed by atoms with Crippen molar-refractivity contribution in [2.75, 3.05) is 5.32 Å². The van der Waals surface area contributed by atoms with Crippen molar-refractivity contribution in [3.63, 3.8) is 0 Å². The van der Waals surface area contributed by atoms with Gasteiger partial charge in [-0.25, -0.2) is 0 Å².